The predicted octanol–water partition coefficient (Wildman–Crippen LogP) is 4.31. The number of benzene rings is 1. The van der Waals surface area contributed by atoms with Gasteiger partial charge in [-0.1, -0.05) is 49.2 Å². The number of nitrogens with one attached hydrogen (secondary N) is 1. The Balaban J connectivity index is 1.48. The highest BCUT2D eigenvalue weighted by Gasteiger charge is 2.27. The first-order valence-corrected chi connectivity index (χ1v) is 10.9. The van der Waals surface area contributed by atoms with Gasteiger partial charge in [0, 0.05) is 30.9 Å². The molecule has 154 valence electrons. The summed E-state index contributed by atoms with van der Waals surface area (Å²) >= 11 is 0. The quantitative estimate of drug-likeness (QED) is 0.762. The Morgan fingerprint density at radius 2 is 1.83 bits per heavy atom. The fraction of sp³-hybridized carbons (Fsp3) is 0.500. The van der Waals surface area contributed by atoms with Gasteiger partial charge < -0.3 is 15.0 Å². The average Bonchev–Trinajstić information content (AvgIpc) is 3.45. The summed E-state index contributed by atoms with van der Waals surface area (Å²) in [5, 5.41) is 3.12. The number of rotatable bonds is 7. The van der Waals surface area contributed by atoms with E-state index in [0.29, 0.717) is 6.54 Å². The first kappa shape index (κ1) is 19.9. The molecule has 1 aromatic carbocycles. The Kier molecular flexibility index (Phi) is 6.45. The Morgan fingerprint density at radius 1 is 1.10 bits per heavy atom. The molecule has 0 bridgehead atoms. The summed E-state index contributed by atoms with van der Waals surface area (Å²) in [4.78, 5) is 20.2. The van der Waals surface area contributed by atoms with E-state index in [0.717, 1.165) is 48.6 Å². The van der Waals surface area contributed by atoms with Crippen molar-refractivity contribution < 1.29 is 9.53 Å². The van der Waals surface area contributed by atoms with Gasteiger partial charge in [0.05, 0.1) is 6.10 Å². The molecule has 1 atom stereocenters. The van der Waals surface area contributed by atoms with Crippen LogP contribution in [-0.4, -0.2) is 30.1 Å². The first-order chi connectivity index (χ1) is 14.2. The van der Waals surface area contributed by atoms with Crippen molar-refractivity contribution in [2.24, 2.45) is 0 Å². The molecule has 1 amide bonds. The smallest absolute Gasteiger partial charge is 0.254 e. The molecule has 1 saturated heterocycles. The van der Waals surface area contributed by atoms with Crippen LogP contribution in [0.25, 0.3) is 0 Å². The monoisotopic (exact) mass is 393 g/mol. The van der Waals surface area contributed by atoms with Crippen LogP contribution in [0.5, 0.6) is 0 Å². The maximum absolute atomic E-state index is 13.1. The van der Waals surface area contributed by atoms with Crippen molar-refractivity contribution in [2.75, 3.05) is 18.0 Å². The molecule has 1 aliphatic heterocycles. The zero-order chi connectivity index (χ0) is 20.1. The second kappa shape index (κ2) is 9.40. The summed E-state index contributed by atoms with van der Waals surface area (Å²) in [5.41, 5.74) is 2.99. The molecular weight excluding hydrogens is 362 g/mol. The van der Waals surface area contributed by atoms with Crippen LogP contribution in [0.4, 0.5) is 5.82 Å². The third-order valence-electron chi connectivity index (χ3n) is 5.93. The lowest BCUT2D eigenvalue weighted by molar-refractivity contribution is -0.137. The molecule has 29 heavy (non-hydrogen) atoms. The van der Waals surface area contributed by atoms with E-state index in [4.69, 9.17) is 9.72 Å². The minimum Gasteiger partial charge on any atom is -0.360 e. The number of aryl methyl sites for hydroxylation is 1. The Bertz CT molecular complexity index is 812. The summed E-state index contributed by atoms with van der Waals surface area (Å²) in [6.07, 6.45) is 6.46. The molecule has 1 aliphatic carbocycles. The van der Waals surface area contributed by atoms with Crippen LogP contribution in [0.15, 0.2) is 42.5 Å². The molecule has 5 nitrogen and oxygen atoms in total. The molecule has 2 aliphatic rings. The second-order valence-electron chi connectivity index (χ2n) is 8.18. The number of amides is 1. The van der Waals surface area contributed by atoms with E-state index in [1.165, 1.54) is 25.7 Å². The van der Waals surface area contributed by atoms with Gasteiger partial charge in [-0.15, -0.1) is 0 Å². The van der Waals surface area contributed by atoms with E-state index >= 15 is 0 Å². The highest BCUT2D eigenvalue weighted by molar-refractivity contribution is 5.82. The van der Waals surface area contributed by atoms with Gasteiger partial charge in [-0.2, -0.15) is 0 Å². The van der Waals surface area contributed by atoms with E-state index in [9.17, 15) is 4.79 Å². The standard InChI is InChI=1S/C24H31N3O2/c1-18-13-14-20(23(26-18)27-15-7-8-16-27)17-25-24(28)22(19-9-3-2-4-10-19)29-21-11-5-6-12-21/h2-4,9-10,13-14,21-22H,5-8,11-12,15-17H2,1H3,(H,25,28)/t22-/m0/s1. The van der Waals surface area contributed by atoms with Crippen molar-refractivity contribution in [3.05, 3.63) is 59.3 Å². The Labute approximate surface area is 173 Å². The van der Waals surface area contributed by atoms with Crippen LogP contribution in [0.2, 0.25) is 0 Å². The lowest BCUT2D eigenvalue weighted by atomic mass is 10.1. The molecule has 0 spiro atoms. The number of pyridine rings is 1. The molecule has 2 fully saturated rings. The van der Waals surface area contributed by atoms with Crippen LogP contribution in [0, 0.1) is 6.92 Å². The highest BCUT2D eigenvalue weighted by Crippen LogP contribution is 2.28. The maximum Gasteiger partial charge on any atom is 0.254 e. The maximum atomic E-state index is 13.1. The highest BCUT2D eigenvalue weighted by atomic mass is 16.5. The van der Waals surface area contributed by atoms with Gasteiger partial charge in [0.2, 0.25) is 0 Å². The number of nitrogens with zero attached hydrogens (tertiary/aromatic N) is 2. The molecule has 1 N–H and O–H groups in total. The fourth-order valence-electron chi connectivity index (χ4n) is 4.32. The van der Waals surface area contributed by atoms with Crippen molar-refractivity contribution in [1.29, 1.82) is 0 Å². The molecule has 2 heterocycles. The van der Waals surface area contributed by atoms with Crippen LogP contribution >= 0.6 is 0 Å². The zero-order valence-corrected chi connectivity index (χ0v) is 17.3. The molecule has 1 saturated carbocycles. The summed E-state index contributed by atoms with van der Waals surface area (Å²) < 4.78 is 6.26. The summed E-state index contributed by atoms with van der Waals surface area (Å²) in [7, 11) is 0. The molecule has 0 unspecified atom stereocenters. The number of ether oxygens (including phenoxy) is 1. The molecule has 4 rings (SSSR count). The minimum atomic E-state index is -0.562. The average molecular weight is 394 g/mol. The van der Waals surface area contributed by atoms with Gasteiger partial charge in [-0.25, -0.2) is 4.98 Å². The van der Waals surface area contributed by atoms with Crippen LogP contribution in [0.1, 0.15) is 61.4 Å². The number of carbonyl (C=O) groups is 1. The van der Waals surface area contributed by atoms with Crippen molar-refractivity contribution in [1.82, 2.24) is 10.3 Å². The summed E-state index contributed by atoms with van der Waals surface area (Å²) in [5.74, 6) is 0.937. The van der Waals surface area contributed by atoms with Gasteiger partial charge in [0.15, 0.2) is 6.10 Å². The normalized spacial score (nSPS) is 18.2. The van der Waals surface area contributed by atoms with Crippen molar-refractivity contribution in [2.45, 2.75) is 64.2 Å². The minimum absolute atomic E-state index is 0.0731. The topological polar surface area (TPSA) is 54.5 Å². The largest absolute Gasteiger partial charge is 0.360 e. The van der Waals surface area contributed by atoms with E-state index < -0.39 is 6.10 Å². The second-order valence-corrected chi connectivity index (χ2v) is 8.18. The summed E-state index contributed by atoms with van der Waals surface area (Å²) in [6, 6.07) is 13.9. The van der Waals surface area contributed by atoms with Gasteiger partial charge in [-0.3, -0.25) is 4.79 Å². The van der Waals surface area contributed by atoms with E-state index in [-0.39, 0.29) is 12.0 Å². The van der Waals surface area contributed by atoms with E-state index in [1.54, 1.807) is 0 Å². The van der Waals surface area contributed by atoms with Gasteiger partial charge in [0.25, 0.3) is 5.91 Å². The number of aromatic nitrogens is 1. The molecular formula is C24H31N3O2. The zero-order valence-electron chi connectivity index (χ0n) is 17.3. The number of hydrogen-bond donors (Lipinski definition) is 1. The summed E-state index contributed by atoms with van der Waals surface area (Å²) in [6.45, 7) is 4.56. The van der Waals surface area contributed by atoms with Gasteiger partial charge in [-0.05, 0) is 44.2 Å². The van der Waals surface area contributed by atoms with Crippen molar-refractivity contribution in [3.63, 3.8) is 0 Å². The molecule has 0 radical (unpaired) electrons. The molecule has 5 heteroatoms. The van der Waals surface area contributed by atoms with Crippen molar-refractivity contribution >= 4 is 11.7 Å². The predicted molar refractivity (Wildman–Crippen MR) is 115 cm³/mol. The van der Waals surface area contributed by atoms with Crippen LogP contribution < -0.4 is 10.2 Å². The Hall–Kier alpha value is -2.40. The number of carbonyl (C=O) groups excluding carboxylic acids is 1. The van der Waals surface area contributed by atoms with Gasteiger partial charge in [0.1, 0.15) is 5.82 Å². The number of anilines is 1. The third-order valence-corrected chi connectivity index (χ3v) is 5.93. The van der Waals surface area contributed by atoms with E-state index in [2.05, 4.69) is 16.3 Å². The lowest BCUT2D eigenvalue weighted by Gasteiger charge is -2.23. The molecule has 1 aromatic heterocycles. The third kappa shape index (κ3) is 4.96. The SMILES string of the molecule is Cc1ccc(CNC(=O)[C@@H](OC2CCCC2)c2ccccc2)c(N2CCCC2)n1. The van der Waals surface area contributed by atoms with Gasteiger partial charge >= 0.3 is 0 Å². The Morgan fingerprint density at radius 3 is 2.55 bits per heavy atom. The van der Waals surface area contributed by atoms with Crippen LogP contribution in [0.3, 0.4) is 0 Å². The first-order valence-electron chi connectivity index (χ1n) is 10.9. The van der Waals surface area contributed by atoms with E-state index in [1.807, 2.05) is 43.3 Å². The molecule has 2 aromatic rings. The van der Waals surface area contributed by atoms with Crippen LogP contribution in [-0.2, 0) is 16.1 Å². The number of hydrogen-bond acceptors (Lipinski definition) is 4. The van der Waals surface area contributed by atoms with Crippen molar-refractivity contribution in [3.8, 4) is 0 Å². The fourth-order valence-corrected chi connectivity index (χ4v) is 4.32. The lowest BCUT2D eigenvalue weighted by Crippen LogP contribution is -2.33.